The van der Waals surface area contributed by atoms with Crippen molar-refractivity contribution in [1.82, 2.24) is 0 Å². The number of benzene rings is 1. The predicted octanol–water partition coefficient (Wildman–Crippen LogP) is 4.39. The van der Waals surface area contributed by atoms with Crippen LogP contribution < -0.4 is 10.1 Å². The smallest absolute Gasteiger partial charge is 0.387 e. The van der Waals surface area contributed by atoms with Crippen LogP contribution in [0.3, 0.4) is 0 Å². The van der Waals surface area contributed by atoms with Crippen molar-refractivity contribution in [1.29, 1.82) is 0 Å². The van der Waals surface area contributed by atoms with Gasteiger partial charge in [-0.3, -0.25) is 0 Å². The predicted molar refractivity (Wildman–Crippen MR) is 66.8 cm³/mol. The molecule has 0 saturated carbocycles. The summed E-state index contributed by atoms with van der Waals surface area (Å²) >= 11 is 3.28. The van der Waals surface area contributed by atoms with Gasteiger partial charge in [-0.2, -0.15) is 8.78 Å². The standard InChI is InChI=1S/C12H9BrF3NO2/c13-8-3-4-18-11(8)6-17-7-1-2-10(9(14)5-7)19-12(15)16/h1-5,12,17H,6H2. The Morgan fingerprint density at radius 3 is 2.68 bits per heavy atom. The van der Waals surface area contributed by atoms with E-state index in [0.29, 0.717) is 18.0 Å². The van der Waals surface area contributed by atoms with E-state index in [1.165, 1.54) is 12.3 Å². The minimum absolute atomic E-state index is 0.335. The molecule has 1 N–H and O–H groups in total. The van der Waals surface area contributed by atoms with Crippen molar-refractivity contribution in [2.75, 3.05) is 5.32 Å². The summed E-state index contributed by atoms with van der Waals surface area (Å²) in [6.45, 7) is -2.71. The van der Waals surface area contributed by atoms with Gasteiger partial charge >= 0.3 is 6.61 Å². The quantitative estimate of drug-likeness (QED) is 0.879. The van der Waals surface area contributed by atoms with E-state index in [1.807, 2.05) is 0 Å². The fourth-order valence-electron chi connectivity index (χ4n) is 1.44. The van der Waals surface area contributed by atoms with E-state index >= 15 is 0 Å². The van der Waals surface area contributed by atoms with Crippen LogP contribution in [0.25, 0.3) is 0 Å². The van der Waals surface area contributed by atoms with Gasteiger partial charge in [-0.15, -0.1) is 0 Å². The SMILES string of the molecule is Fc1cc(NCc2occc2Br)ccc1OC(F)F. The molecule has 0 aliphatic heterocycles. The van der Waals surface area contributed by atoms with Crippen LogP contribution in [-0.2, 0) is 6.54 Å². The highest BCUT2D eigenvalue weighted by Crippen LogP contribution is 2.24. The maximum absolute atomic E-state index is 13.4. The fourth-order valence-corrected chi connectivity index (χ4v) is 1.78. The van der Waals surface area contributed by atoms with Crippen LogP contribution in [0.1, 0.15) is 5.76 Å². The molecule has 2 rings (SSSR count). The maximum atomic E-state index is 13.4. The second-order valence-corrected chi connectivity index (χ2v) is 4.42. The lowest BCUT2D eigenvalue weighted by molar-refractivity contribution is -0.0521. The lowest BCUT2D eigenvalue weighted by Crippen LogP contribution is -2.04. The third kappa shape index (κ3) is 3.66. The Kier molecular flexibility index (Phi) is 4.36. The first kappa shape index (κ1) is 13.8. The van der Waals surface area contributed by atoms with Crippen LogP contribution in [0.4, 0.5) is 18.9 Å². The summed E-state index contributed by atoms with van der Waals surface area (Å²) in [5, 5.41) is 2.90. The zero-order chi connectivity index (χ0) is 13.8. The van der Waals surface area contributed by atoms with Gasteiger partial charge < -0.3 is 14.5 Å². The Labute approximate surface area is 115 Å². The topological polar surface area (TPSA) is 34.4 Å². The average molecular weight is 336 g/mol. The van der Waals surface area contributed by atoms with Crippen LogP contribution in [-0.4, -0.2) is 6.61 Å². The van der Waals surface area contributed by atoms with Gasteiger partial charge in [-0.05, 0) is 34.1 Å². The number of hydrogen-bond donors (Lipinski definition) is 1. The van der Waals surface area contributed by atoms with Gasteiger partial charge in [0.05, 0.1) is 17.3 Å². The summed E-state index contributed by atoms with van der Waals surface area (Å²) in [6, 6.07) is 5.39. The molecule has 1 aromatic carbocycles. The summed E-state index contributed by atoms with van der Waals surface area (Å²) in [7, 11) is 0. The van der Waals surface area contributed by atoms with Crippen molar-refractivity contribution in [3.8, 4) is 5.75 Å². The molecule has 0 spiro atoms. The molecule has 0 atom stereocenters. The van der Waals surface area contributed by atoms with Crippen LogP contribution in [0.15, 0.2) is 39.4 Å². The van der Waals surface area contributed by atoms with Gasteiger partial charge in [0.15, 0.2) is 11.6 Å². The molecule has 102 valence electrons. The van der Waals surface area contributed by atoms with Gasteiger partial charge in [0.25, 0.3) is 0 Å². The van der Waals surface area contributed by atoms with Crippen molar-refractivity contribution in [3.05, 3.63) is 46.6 Å². The minimum atomic E-state index is -3.05. The zero-order valence-corrected chi connectivity index (χ0v) is 11.1. The maximum Gasteiger partial charge on any atom is 0.387 e. The van der Waals surface area contributed by atoms with E-state index in [9.17, 15) is 13.2 Å². The van der Waals surface area contributed by atoms with Crippen molar-refractivity contribution in [2.45, 2.75) is 13.2 Å². The molecule has 0 bridgehead atoms. The lowest BCUT2D eigenvalue weighted by Gasteiger charge is -2.09. The van der Waals surface area contributed by atoms with E-state index in [2.05, 4.69) is 26.0 Å². The largest absolute Gasteiger partial charge is 0.466 e. The van der Waals surface area contributed by atoms with Crippen LogP contribution in [0.5, 0.6) is 5.75 Å². The Bertz CT molecular complexity index is 560. The van der Waals surface area contributed by atoms with E-state index in [4.69, 9.17) is 4.42 Å². The molecular weight excluding hydrogens is 327 g/mol. The number of nitrogens with one attached hydrogen (secondary N) is 1. The van der Waals surface area contributed by atoms with Crippen LogP contribution >= 0.6 is 15.9 Å². The summed E-state index contributed by atoms with van der Waals surface area (Å²) < 4.78 is 47.3. The molecule has 3 nitrogen and oxygen atoms in total. The Morgan fingerprint density at radius 2 is 2.11 bits per heavy atom. The highest BCUT2D eigenvalue weighted by molar-refractivity contribution is 9.10. The Hall–Kier alpha value is -1.63. The van der Waals surface area contributed by atoms with Gasteiger partial charge in [0.2, 0.25) is 0 Å². The van der Waals surface area contributed by atoms with Gasteiger partial charge in [-0.1, -0.05) is 0 Å². The van der Waals surface area contributed by atoms with Crippen molar-refractivity contribution >= 4 is 21.6 Å². The van der Waals surface area contributed by atoms with E-state index < -0.39 is 18.2 Å². The lowest BCUT2D eigenvalue weighted by atomic mass is 10.3. The number of ether oxygens (including phenoxy) is 1. The molecule has 0 radical (unpaired) electrons. The molecule has 0 fully saturated rings. The summed E-state index contributed by atoms with van der Waals surface area (Å²) in [6.07, 6.45) is 1.52. The summed E-state index contributed by atoms with van der Waals surface area (Å²) in [4.78, 5) is 0. The van der Waals surface area contributed by atoms with E-state index in [-0.39, 0.29) is 0 Å². The van der Waals surface area contributed by atoms with Crippen molar-refractivity contribution < 1.29 is 22.3 Å². The number of alkyl halides is 2. The van der Waals surface area contributed by atoms with E-state index in [0.717, 1.165) is 16.6 Å². The molecule has 1 aromatic heterocycles. The normalized spacial score (nSPS) is 10.8. The van der Waals surface area contributed by atoms with E-state index in [1.54, 1.807) is 6.07 Å². The molecule has 0 aliphatic rings. The number of anilines is 1. The fraction of sp³-hybridized carbons (Fsp3) is 0.167. The molecule has 2 aromatic rings. The second-order valence-electron chi connectivity index (χ2n) is 3.57. The monoisotopic (exact) mass is 335 g/mol. The number of halogens is 4. The highest BCUT2D eigenvalue weighted by Gasteiger charge is 2.10. The molecule has 1 heterocycles. The number of furan rings is 1. The van der Waals surface area contributed by atoms with Crippen molar-refractivity contribution in [2.24, 2.45) is 0 Å². The molecule has 0 saturated heterocycles. The molecule has 0 aliphatic carbocycles. The Morgan fingerprint density at radius 1 is 1.32 bits per heavy atom. The first-order chi connectivity index (χ1) is 9.06. The molecular formula is C12H9BrF3NO2. The molecule has 0 unspecified atom stereocenters. The van der Waals surface area contributed by atoms with Crippen LogP contribution in [0, 0.1) is 5.82 Å². The molecule has 0 amide bonds. The third-order valence-corrected chi connectivity index (χ3v) is 3.00. The summed E-state index contributed by atoms with van der Waals surface area (Å²) in [5.74, 6) is -0.697. The number of rotatable bonds is 5. The zero-order valence-electron chi connectivity index (χ0n) is 9.50. The Balaban J connectivity index is 2.02. The summed E-state index contributed by atoms with van der Waals surface area (Å²) in [5.41, 5.74) is 0.433. The number of hydrogen-bond acceptors (Lipinski definition) is 3. The third-order valence-electron chi connectivity index (χ3n) is 2.29. The minimum Gasteiger partial charge on any atom is -0.466 e. The van der Waals surface area contributed by atoms with Crippen LogP contribution in [0.2, 0.25) is 0 Å². The van der Waals surface area contributed by atoms with Crippen molar-refractivity contribution in [3.63, 3.8) is 0 Å². The first-order valence-corrected chi connectivity index (χ1v) is 6.05. The van der Waals surface area contributed by atoms with Gasteiger partial charge in [0.1, 0.15) is 5.76 Å². The molecule has 7 heteroatoms. The average Bonchev–Trinajstić information content (AvgIpc) is 2.75. The van der Waals surface area contributed by atoms with Gasteiger partial charge in [0, 0.05) is 11.8 Å². The molecule has 19 heavy (non-hydrogen) atoms. The first-order valence-electron chi connectivity index (χ1n) is 5.26. The highest BCUT2D eigenvalue weighted by atomic mass is 79.9. The van der Waals surface area contributed by atoms with Gasteiger partial charge in [-0.25, -0.2) is 4.39 Å². The second kappa shape index (κ2) is 6.01.